The molecule has 5 nitrogen and oxygen atoms in total. The molecule has 0 amide bonds. The highest BCUT2D eigenvalue weighted by Crippen LogP contribution is 2.08. The fourth-order valence-electron chi connectivity index (χ4n) is 0.952. The molecule has 0 fully saturated rings. The zero-order chi connectivity index (χ0) is 11.3. The quantitative estimate of drug-likeness (QED) is 0.645. The molecule has 0 atom stereocenters. The number of anilines is 1. The topological polar surface area (TPSA) is 86.6 Å². The first-order valence-corrected chi connectivity index (χ1v) is 4.09. The molecule has 0 saturated carbocycles. The molecule has 0 bridgehead atoms. The molecular weight excluding hydrogens is 198 g/mol. The summed E-state index contributed by atoms with van der Waals surface area (Å²) >= 11 is 0. The van der Waals surface area contributed by atoms with Gasteiger partial charge >= 0.3 is 11.9 Å². The number of benzene rings is 1. The van der Waals surface area contributed by atoms with Crippen molar-refractivity contribution >= 4 is 17.6 Å². The minimum atomic E-state index is -1.32. The van der Waals surface area contributed by atoms with Gasteiger partial charge in [-0.2, -0.15) is 0 Å². The van der Waals surface area contributed by atoms with E-state index in [4.69, 9.17) is 10.2 Å². The minimum absolute atomic E-state index is 0.381. The summed E-state index contributed by atoms with van der Waals surface area (Å²) in [6, 6.07) is 8.47. The Balaban J connectivity index is 2.86. The summed E-state index contributed by atoms with van der Waals surface area (Å²) in [5.74, 6) is -2.63. The summed E-state index contributed by atoms with van der Waals surface area (Å²) in [6.45, 7) is 0. The van der Waals surface area contributed by atoms with Gasteiger partial charge < -0.3 is 15.5 Å². The number of hydrogen-bond acceptors (Lipinski definition) is 3. The summed E-state index contributed by atoms with van der Waals surface area (Å²) in [4.78, 5) is 21.0. The number of hydrogen-bond donors (Lipinski definition) is 3. The van der Waals surface area contributed by atoms with Crippen LogP contribution >= 0.6 is 0 Å². The number of carboxylic acid groups (broad SMARTS) is 2. The van der Waals surface area contributed by atoms with Crippen LogP contribution in [0.25, 0.3) is 0 Å². The van der Waals surface area contributed by atoms with Crippen molar-refractivity contribution < 1.29 is 19.8 Å². The maximum atomic E-state index is 10.6. The molecule has 0 radical (unpaired) electrons. The van der Waals surface area contributed by atoms with Crippen molar-refractivity contribution in [1.82, 2.24) is 0 Å². The van der Waals surface area contributed by atoms with Crippen LogP contribution in [-0.4, -0.2) is 22.2 Å². The van der Waals surface area contributed by atoms with Gasteiger partial charge in [0.25, 0.3) is 0 Å². The van der Waals surface area contributed by atoms with Gasteiger partial charge in [0.2, 0.25) is 0 Å². The van der Waals surface area contributed by atoms with Crippen LogP contribution in [-0.2, 0) is 9.59 Å². The average molecular weight is 207 g/mol. The first-order valence-electron chi connectivity index (χ1n) is 4.09. The smallest absolute Gasteiger partial charge is 0.352 e. The Bertz CT molecular complexity index is 397. The van der Waals surface area contributed by atoms with Crippen LogP contribution in [0.2, 0.25) is 0 Å². The van der Waals surface area contributed by atoms with Crippen LogP contribution in [0.4, 0.5) is 5.69 Å². The minimum Gasteiger partial charge on any atom is -0.478 e. The Morgan fingerprint density at radius 2 is 1.73 bits per heavy atom. The van der Waals surface area contributed by atoms with Crippen LogP contribution in [0, 0.1) is 0 Å². The van der Waals surface area contributed by atoms with Crippen LogP contribution in [0.3, 0.4) is 0 Å². The van der Waals surface area contributed by atoms with E-state index in [2.05, 4.69) is 5.32 Å². The van der Waals surface area contributed by atoms with Gasteiger partial charge in [-0.1, -0.05) is 18.2 Å². The summed E-state index contributed by atoms with van der Waals surface area (Å²) in [6.07, 6.45) is 0.606. The first kappa shape index (κ1) is 10.8. The Kier molecular flexibility index (Phi) is 3.45. The normalized spacial score (nSPS) is 10.8. The molecule has 0 aliphatic carbocycles. The van der Waals surface area contributed by atoms with Crippen molar-refractivity contribution in [3.05, 3.63) is 42.1 Å². The van der Waals surface area contributed by atoms with Gasteiger partial charge in [-0.15, -0.1) is 0 Å². The lowest BCUT2D eigenvalue weighted by atomic mass is 10.3. The molecule has 0 aliphatic heterocycles. The molecule has 78 valence electrons. The van der Waals surface area contributed by atoms with Crippen LogP contribution < -0.4 is 5.32 Å². The van der Waals surface area contributed by atoms with Crippen molar-refractivity contribution in [3.8, 4) is 0 Å². The number of aliphatic carboxylic acids is 2. The highest BCUT2D eigenvalue weighted by molar-refractivity contribution is 5.97. The van der Waals surface area contributed by atoms with Gasteiger partial charge in [-0.3, -0.25) is 0 Å². The van der Waals surface area contributed by atoms with E-state index in [0.717, 1.165) is 0 Å². The molecule has 0 spiro atoms. The van der Waals surface area contributed by atoms with Gasteiger partial charge in [0, 0.05) is 5.69 Å². The molecule has 1 rings (SSSR count). The van der Waals surface area contributed by atoms with E-state index in [-0.39, 0.29) is 5.70 Å². The predicted octanol–water partition coefficient (Wildman–Crippen LogP) is 1.15. The van der Waals surface area contributed by atoms with E-state index < -0.39 is 11.9 Å². The van der Waals surface area contributed by atoms with Gasteiger partial charge in [0.15, 0.2) is 0 Å². The lowest BCUT2D eigenvalue weighted by Gasteiger charge is -2.05. The van der Waals surface area contributed by atoms with Gasteiger partial charge in [-0.05, 0) is 12.1 Å². The summed E-state index contributed by atoms with van der Waals surface area (Å²) in [5.41, 5.74) is 0.140. The van der Waals surface area contributed by atoms with Crippen molar-refractivity contribution in [1.29, 1.82) is 0 Å². The standard InChI is InChI=1S/C10H9NO4/c12-9(13)6-8(10(14)15)11-7-4-2-1-3-5-7/h1-6,11H,(H,12,13)(H,14,15). The monoisotopic (exact) mass is 207 g/mol. The second-order valence-corrected chi connectivity index (χ2v) is 2.69. The summed E-state index contributed by atoms with van der Waals surface area (Å²) in [7, 11) is 0. The van der Waals surface area contributed by atoms with Crippen molar-refractivity contribution in [2.45, 2.75) is 0 Å². The second kappa shape index (κ2) is 4.80. The Labute approximate surface area is 85.7 Å². The Morgan fingerprint density at radius 1 is 1.13 bits per heavy atom. The summed E-state index contributed by atoms with van der Waals surface area (Å²) < 4.78 is 0. The van der Waals surface area contributed by atoms with Crippen molar-refractivity contribution in [2.24, 2.45) is 0 Å². The van der Waals surface area contributed by atoms with Crippen LogP contribution in [0.15, 0.2) is 42.1 Å². The number of rotatable bonds is 4. The first-order chi connectivity index (χ1) is 7.09. The molecule has 0 heterocycles. The van der Waals surface area contributed by atoms with E-state index in [1.807, 2.05) is 0 Å². The van der Waals surface area contributed by atoms with Crippen molar-refractivity contribution in [2.75, 3.05) is 5.32 Å². The third-order valence-electron chi connectivity index (χ3n) is 1.55. The van der Waals surface area contributed by atoms with E-state index in [1.54, 1.807) is 30.3 Å². The fraction of sp³-hybridized carbons (Fsp3) is 0. The predicted molar refractivity (Wildman–Crippen MR) is 53.4 cm³/mol. The van der Waals surface area contributed by atoms with E-state index >= 15 is 0 Å². The molecule has 15 heavy (non-hydrogen) atoms. The molecule has 0 unspecified atom stereocenters. The molecule has 1 aromatic rings. The number of carboxylic acids is 2. The summed E-state index contributed by atoms with van der Waals surface area (Å²) in [5, 5.41) is 19.6. The maximum absolute atomic E-state index is 10.6. The van der Waals surface area contributed by atoms with Gasteiger partial charge in [-0.25, -0.2) is 9.59 Å². The fourth-order valence-corrected chi connectivity index (χ4v) is 0.952. The molecule has 3 N–H and O–H groups in total. The third kappa shape index (κ3) is 3.51. The number of nitrogens with one attached hydrogen (secondary N) is 1. The average Bonchev–Trinajstić information content (AvgIpc) is 2.17. The van der Waals surface area contributed by atoms with Gasteiger partial charge in [0.05, 0.1) is 6.08 Å². The Hall–Kier alpha value is -2.30. The van der Waals surface area contributed by atoms with E-state index in [9.17, 15) is 9.59 Å². The molecule has 1 aromatic carbocycles. The Morgan fingerprint density at radius 3 is 2.20 bits per heavy atom. The van der Waals surface area contributed by atoms with Crippen LogP contribution in [0.5, 0.6) is 0 Å². The lowest BCUT2D eigenvalue weighted by Crippen LogP contribution is -2.12. The molecule has 5 heteroatoms. The third-order valence-corrected chi connectivity index (χ3v) is 1.55. The van der Waals surface area contributed by atoms with Gasteiger partial charge in [0.1, 0.15) is 5.70 Å². The van der Waals surface area contributed by atoms with E-state index in [1.165, 1.54) is 0 Å². The molecule has 0 aromatic heterocycles. The maximum Gasteiger partial charge on any atom is 0.352 e. The lowest BCUT2D eigenvalue weighted by molar-refractivity contribution is -0.134. The highest BCUT2D eigenvalue weighted by Gasteiger charge is 2.08. The zero-order valence-electron chi connectivity index (χ0n) is 7.68. The zero-order valence-corrected chi connectivity index (χ0v) is 7.68. The largest absolute Gasteiger partial charge is 0.478 e. The number of para-hydroxylation sites is 1. The second-order valence-electron chi connectivity index (χ2n) is 2.69. The SMILES string of the molecule is O=C(O)C=C(Nc1ccccc1)C(=O)O. The number of carbonyl (C=O) groups is 2. The van der Waals surface area contributed by atoms with Crippen molar-refractivity contribution in [3.63, 3.8) is 0 Å². The molecule has 0 aliphatic rings. The highest BCUT2D eigenvalue weighted by atomic mass is 16.4. The van der Waals surface area contributed by atoms with Crippen LogP contribution in [0.1, 0.15) is 0 Å². The van der Waals surface area contributed by atoms with E-state index in [0.29, 0.717) is 11.8 Å². The molecule has 0 saturated heterocycles. The molecular formula is C10H9NO4.